The Kier molecular flexibility index (Phi) is 3.12. The van der Waals surface area contributed by atoms with Crippen LogP contribution in [0.3, 0.4) is 0 Å². The summed E-state index contributed by atoms with van der Waals surface area (Å²) < 4.78 is 10.3. The van der Waals surface area contributed by atoms with Crippen molar-refractivity contribution in [2.24, 2.45) is 0 Å². The maximum absolute atomic E-state index is 11.2. The molecule has 0 fully saturated rings. The molecule has 0 aliphatic rings. The monoisotopic (exact) mass is 194 g/mol. The third-order valence-electron chi connectivity index (χ3n) is 2.17. The van der Waals surface area contributed by atoms with Gasteiger partial charge in [0.25, 0.3) is 0 Å². The van der Waals surface area contributed by atoms with Gasteiger partial charge in [0.2, 0.25) is 0 Å². The van der Waals surface area contributed by atoms with Gasteiger partial charge in [0.15, 0.2) is 17.3 Å². The molecule has 0 saturated heterocycles. The fourth-order valence-corrected chi connectivity index (χ4v) is 1.46. The van der Waals surface area contributed by atoms with Crippen LogP contribution in [-0.2, 0) is 0 Å². The first kappa shape index (κ1) is 10.6. The molecule has 1 aromatic carbocycles. The van der Waals surface area contributed by atoms with Crippen LogP contribution in [0.2, 0.25) is 0 Å². The fraction of sp³-hybridized carbons (Fsp3) is 0.364. The molecule has 0 aliphatic heterocycles. The molecule has 1 aromatic rings. The highest BCUT2D eigenvalue weighted by molar-refractivity contribution is 5.96. The molecule has 0 atom stereocenters. The number of rotatable bonds is 3. The molecule has 0 unspecified atom stereocenters. The third kappa shape index (κ3) is 1.71. The molecule has 3 nitrogen and oxygen atoms in total. The number of ether oxygens (including phenoxy) is 2. The summed E-state index contributed by atoms with van der Waals surface area (Å²) >= 11 is 0. The first-order chi connectivity index (χ1) is 6.61. The summed E-state index contributed by atoms with van der Waals surface area (Å²) in [7, 11) is 3.14. The van der Waals surface area contributed by atoms with Crippen LogP contribution in [0, 0.1) is 6.92 Å². The molecule has 0 radical (unpaired) electrons. The minimum absolute atomic E-state index is 0.0310. The van der Waals surface area contributed by atoms with Gasteiger partial charge in [-0.2, -0.15) is 0 Å². The van der Waals surface area contributed by atoms with E-state index in [4.69, 9.17) is 9.47 Å². The summed E-state index contributed by atoms with van der Waals surface area (Å²) in [4.78, 5) is 11.2. The number of benzene rings is 1. The lowest BCUT2D eigenvalue weighted by molar-refractivity contribution is 0.101. The second-order valence-electron chi connectivity index (χ2n) is 3.03. The zero-order valence-corrected chi connectivity index (χ0v) is 8.88. The van der Waals surface area contributed by atoms with Crippen molar-refractivity contribution in [3.05, 3.63) is 23.3 Å². The Morgan fingerprint density at radius 3 is 2.29 bits per heavy atom. The van der Waals surface area contributed by atoms with Gasteiger partial charge < -0.3 is 9.47 Å². The molecule has 3 heteroatoms. The van der Waals surface area contributed by atoms with E-state index in [-0.39, 0.29) is 5.78 Å². The minimum atomic E-state index is 0.0310. The first-order valence-electron chi connectivity index (χ1n) is 4.34. The van der Waals surface area contributed by atoms with E-state index < -0.39 is 0 Å². The smallest absolute Gasteiger partial charge is 0.164 e. The number of ketones is 1. The standard InChI is InChI=1S/C11H14O3/c1-7-9(8(2)12)5-6-10(13-3)11(7)14-4/h5-6H,1-4H3. The minimum Gasteiger partial charge on any atom is -0.493 e. The zero-order chi connectivity index (χ0) is 10.7. The molecule has 1 rings (SSSR count). The molecule has 0 spiro atoms. The molecular formula is C11H14O3. The van der Waals surface area contributed by atoms with Crippen LogP contribution in [0.25, 0.3) is 0 Å². The van der Waals surface area contributed by atoms with Gasteiger partial charge in [-0.25, -0.2) is 0 Å². The summed E-state index contributed by atoms with van der Waals surface area (Å²) in [6.45, 7) is 3.38. The van der Waals surface area contributed by atoms with E-state index in [1.54, 1.807) is 26.4 Å². The van der Waals surface area contributed by atoms with Gasteiger partial charge >= 0.3 is 0 Å². The number of methoxy groups -OCH3 is 2. The average molecular weight is 194 g/mol. The van der Waals surface area contributed by atoms with E-state index in [9.17, 15) is 4.79 Å². The topological polar surface area (TPSA) is 35.5 Å². The van der Waals surface area contributed by atoms with Crippen molar-refractivity contribution in [2.75, 3.05) is 14.2 Å². The molecule has 0 bridgehead atoms. The Hall–Kier alpha value is -1.51. The quantitative estimate of drug-likeness (QED) is 0.692. The summed E-state index contributed by atoms with van der Waals surface area (Å²) in [6.07, 6.45) is 0. The second-order valence-corrected chi connectivity index (χ2v) is 3.03. The Balaban J connectivity index is 3.34. The zero-order valence-electron chi connectivity index (χ0n) is 8.88. The molecular weight excluding hydrogens is 180 g/mol. The van der Waals surface area contributed by atoms with Crippen molar-refractivity contribution in [1.29, 1.82) is 0 Å². The Morgan fingerprint density at radius 1 is 1.21 bits per heavy atom. The van der Waals surface area contributed by atoms with Gasteiger partial charge in [0.05, 0.1) is 14.2 Å². The van der Waals surface area contributed by atoms with Crippen LogP contribution in [0.1, 0.15) is 22.8 Å². The van der Waals surface area contributed by atoms with E-state index >= 15 is 0 Å². The van der Waals surface area contributed by atoms with Crippen LogP contribution in [0.4, 0.5) is 0 Å². The lowest BCUT2D eigenvalue weighted by Crippen LogP contribution is -2.00. The molecule has 0 heterocycles. The van der Waals surface area contributed by atoms with Crippen molar-refractivity contribution in [3.63, 3.8) is 0 Å². The van der Waals surface area contributed by atoms with E-state index in [2.05, 4.69) is 0 Å². The largest absolute Gasteiger partial charge is 0.493 e. The molecule has 0 amide bonds. The van der Waals surface area contributed by atoms with Crippen molar-refractivity contribution in [1.82, 2.24) is 0 Å². The van der Waals surface area contributed by atoms with E-state index in [0.717, 1.165) is 5.56 Å². The van der Waals surface area contributed by atoms with Crippen LogP contribution in [0.15, 0.2) is 12.1 Å². The Bertz CT molecular complexity index is 356. The molecule has 76 valence electrons. The lowest BCUT2D eigenvalue weighted by atomic mass is 10.0. The normalized spacial score (nSPS) is 9.71. The number of Topliss-reactive ketones (excluding diaryl/α,β-unsaturated/α-hetero) is 1. The molecule has 0 saturated carbocycles. The maximum Gasteiger partial charge on any atom is 0.164 e. The first-order valence-corrected chi connectivity index (χ1v) is 4.34. The number of carbonyl (C=O) groups is 1. The van der Waals surface area contributed by atoms with Gasteiger partial charge in [-0.05, 0) is 26.0 Å². The van der Waals surface area contributed by atoms with Crippen LogP contribution in [0.5, 0.6) is 11.5 Å². The summed E-state index contributed by atoms with van der Waals surface area (Å²) in [6, 6.07) is 3.49. The van der Waals surface area contributed by atoms with Gasteiger partial charge in [-0.1, -0.05) is 0 Å². The van der Waals surface area contributed by atoms with Crippen molar-refractivity contribution < 1.29 is 14.3 Å². The number of carbonyl (C=O) groups excluding carboxylic acids is 1. The molecule has 0 N–H and O–H groups in total. The number of hydrogen-bond acceptors (Lipinski definition) is 3. The van der Waals surface area contributed by atoms with E-state index in [0.29, 0.717) is 17.1 Å². The van der Waals surface area contributed by atoms with Crippen LogP contribution < -0.4 is 9.47 Å². The predicted octanol–water partition coefficient (Wildman–Crippen LogP) is 2.21. The number of hydrogen-bond donors (Lipinski definition) is 0. The lowest BCUT2D eigenvalue weighted by Gasteiger charge is -2.12. The highest BCUT2D eigenvalue weighted by Crippen LogP contribution is 2.32. The highest BCUT2D eigenvalue weighted by atomic mass is 16.5. The van der Waals surface area contributed by atoms with Crippen LogP contribution in [-0.4, -0.2) is 20.0 Å². The molecule has 14 heavy (non-hydrogen) atoms. The summed E-state index contributed by atoms with van der Waals surface area (Å²) in [5.74, 6) is 1.30. The summed E-state index contributed by atoms with van der Waals surface area (Å²) in [5, 5.41) is 0. The predicted molar refractivity (Wildman–Crippen MR) is 54.3 cm³/mol. The fourth-order valence-electron chi connectivity index (χ4n) is 1.46. The summed E-state index contributed by atoms with van der Waals surface area (Å²) in [5.41, 5.74) is 1.49. The molecule has 0 aliphatic carbocycles. The SMILES string of the molecule is COc1ccc(C(C)=O)c(C)c1OC. The highest BCUT2D eigenvalue weighted by Gasteiger charge is 2.13. The third-order valence-corrected chi connectivity index (χ3v) is 2.17. The average Bonchev–Trinajstić information content (AvgIpc) is 2.16. The van der Waals surface area contributed by atoms with Crippen molar-refractivity contribution >= 4 is 5.78 Å². The van der Waals surface area contributed by atoms with Crippen molar-refractivity contribution in [2.45, 2.75) is 13.8 Å². The van der Waals surface area contributed by atoms with Gasteiger partial charge in [-0.15, -0.1) is 0 Å². The Labute approximate surface area is 83.6 Å². The molecule has 0 aromatic heterocycles. The Morgan fingerprint density at radius 2 is 1.86 bits per heavy atom. The second kappa shape index (κ2) is 4.13. The van der Waals surface area contributed by atoms with Crippen molar-refractivity contribution in [3.8, 4) is 11.5 Å². The van der Waals surface area contributed by atoms with E-state index in [1.807, 2.05) is 6.92 Å². The van der Waals surface area contributed by atoms with Gasteiger partial charge in [0, 0.05) is 11.1 Å². The van der Waals surface area contributed by atoms with Crippen LogP contribution >= 0.6 is 0 Å². The maximum atomic E-state index is 11.2. The van der Waals surface area contributed by atoms with Gasteiger partial charge in [0.1, 0.15) is 0 Å². The van der Waals surface area contributed by atoms with E-state index in [1.165, 1.54) is 6.92 Å². The van der Waals surface area contributed by atoms with Gasteiger partial charge in [-0.3, -0.25) is 4.79 Å².